The lowest BCUT2D eigenvalue weighted by molar-refractivity contribution is -0.0959. The molecule has 2 aliphatic rings. The van der Waals surface area contributed by atoms with Crippen molar-refractivity contribution >= 4 is 0 Å². The Hall–Kier alpha value is -3.86. The van der Waals surface area contributed by atoms with Crippen LogP contribution in [0.1, 0.15) is 41.3 Å². The van der Waals surface area contributed by atoms with Gasteiger partial charge in [0.25, 0.3) is 5.56 Å². The average molecular weight is 570 g/mol. The van der Waals surface area contributed by atoms with Gasteiger partial charge in [-0.3, -0.25) is 19.2 Å². The van der Waals surface area contributed by atoms with Crippen LogP contribution in [-0.2, 0) is 21.6 Å². The van der Waals surface area contributed by atoms with Gasteiger partial charge < -0.3 is 19.7 Å². The molecule has 1 aromatic heterocycles. The van der Waals surface area contributed by atoms with Gasteiger partial charge in [-0.1, -0.05) is 91.0 Å². The quantitative estimate of drug-likeness (QED) is 0.266. The summed E-state index contributed by atoms with van der Waals surface area (Å²) in [5.74, 6) is 0. The van der Waals surface area contributed by atoms with Gasteiger partial charge in [-0.25, -0.2) is 4.79 Å². The van der Waals surface area contributed by atoms with Crippen LogP contribution in [0.4, 0.5) is 0 Å². The number of likely N-dealkylation sites (tertiary alicyclic amines) is 1. The molecule has 9 heteroatoms. The molecule has 0 amide bonds. The number of nitrogens with zero attached hydrogens (tertiary/aromatic N) is 2. The SMILES string of the molecule is O=c1[nH]c(=O)n([C@@H]2O[C@H](COC(c3ccccc3)(c3ccccc3)c3ccccc3)C(O)[C@@H]2O)cc1CN1CCCC1. The van der Waals surface area contributed by atoms with Gasteiger partial charge in [0.15, 0.2) is 6.23 Å². The summed E-state index contributed by atoms with van der Waals surface area (Å²) in [6.45, 7) is 2.06. The number of rotatable bonds is 9. The van der Waals surface area contributed by atoms with E-state index in [0.29, 0.717) is 12.1 Å². The van der Waals surface area contributed by atoms with Crippen molar-refractivity contribution in [1.29, 1.82) is 0 Å². The van der Waals surface area contributed by atoms with Crippen molar-refractivity contribution < 1.29 is 19.7 Å². The molecule has 1 unspecified atom stereocenters. The molecule has 3 heterocycles. The summed E-state index contributed by atoms with van der Waals surface area (Å²) in [6, 6.07) is 29.4. The van der Waals surface area contributed by atoms with E-state index in [9.17, 15) is 19.8 Å². The smallest absolute Gasteiger partial charge is 0.330 e. The van der Waals surface area contributed by atoms with E-state index in [1.165, 1.54) is 10.8 Å². The fourth-order valence-corrected chi connectivity index (χ4v) is 6.08. The molecule has 2 saturated heterocycles. The summed E-state index contributed by atoms with van der Waals surface area (Å²) in [7, 11) is 0. The molecule has 3 aromatic carbocycles. The van der Waals surface area contributed by atoms with Crippen molar-refractivity contribution in [2.75, 3.05) is 19.7 Å². The van der Waals surface area contributed by atoms with E-state index in [4.69, 9.17) is 9.47 Å². The minimum Gasteiger partial charge on any atom is -0.387 e. The van der Waals surface area contributed by atoms with E-state index in [1.807, 2.05) is 91.0 Å². The van der Waals surface area contributed by atoms with Crippen LogP contribution in [0.5, 0.6) is 0 Å². The molecule has 3 N–H and O–H groups in total. The third-order valence-corrected chi connectivity index (χ3v) is 8.25. The first kappa shape index (κ1) is 28.3. The number of nitrogens with one attached hydrogen (secondary N) is 1. The molecular weight excluding hydrogens is 534 g/mol. The molecule has 2 fully saturated rings. The second kappa shape index (κ2) is 12.2. The topological polar surface area (TPSA) is 117 Å². The molecule has 6 rings (SSSR count). The third-order valence-electron chi connectivity index (χ3n) is 8.25. The Morgan fingerprint density at radius 1 is 0.810 bits per heavy atom. The molecule has 2 aliphatic heterocycles. The zero-order chi connectivity index (χ0) is 29.1. The number of aliphatic hydroxyl groups excluding tert-OH is 2. The fraction of sp³-hybridized carbons (Fsp3) is 0.333. The van der Waals surface area contributed by atoms with E-state index in [-0.39, 0.29) is 6.61 Å². The Kier molecular flexibility index (Phi) is 8.19. The van der Waals surface area contributed by atoms with Crippen molar-refractivity contribution in [2.24, 2.45) is 0 Å². The molecule has 0 aliphatic carbocycles. The number of hydrogen-bond donors (Lipinski definition) is 3. The van der Waals surface area contributed by atoms with E-state index >= 15 is 0 Å². The van der Waals surface area contributed by atoms with Crippen LogP contribution in [0.2, 0.25) is 0 Å². The highest BCUT2D eigenvalue weighted by atomic mass is 16.6. The lowest BCUT2D eigenvalue weighted by atomic mass is 9.80. The normalized spacial score (nSPS) is 22.9. The van der Waals surface area contributed by atoms with Crippen molar-refractivity contribution in [1.82, 2.24) is 14.5 Å². The number of aliphatic hydroxyl groups is 2. The summed E-state index contributed by atoms with van der Waals surface area (Å²) in [5.41, 5.74) is 0.830. The van der Waals surface area contributed by atoms with Gasteiger partial charge in [-0.2, -0.15) is 0 Å². The number of aromatic amines is 1. The van der Waals surface area contributed by atoms with E-state index in [0.717, 1.165) is 42.6 Å². The van der Waals surface area contributed by atoms with Crippen LogP contribution in [-0.4, -0.2) is 62.7 Å². The number of ether oxygens (including phenoxy) is 2. The maximum absolute atomic E-state index is 12.8. The van der Waals surface area contributed by atoms with Crippen LogP contribution in [0.3, 0.4) is 0 Å². The maximum Gasteiger partial charge on any atom is 0.330 e. The molecule has 0 saturated carbocycles. The monoisotopic (exact) mass is 569 g/mol. The highest BCUT2D eigenvalue weighted by Crippen LogP contribution is 2.41. The molecule has 218 valence electrons. The first-order valence-electron chi connectivity index (χ1n) is 14.4. The highest BCUT2D eigenvalue weighted by molar-refractivity contribution is 5.47. The minimum absolute atomic E-state index is 0.0911. The molecule has 4 atom stereocenters. The predicted molar refractivity (Wildman–Crippen MR) is 157 cm³/mol. The summed E-state index contributed by atoms with van der Waals surface area (Å²) < 4.78 is 14.1. The predicted octanol–water partition coefficient (Wildman–Crippen LogP) is 2.76. The molecule has 42 heavy (non-hydrogen) atoms. The zero-order valence-corrected chi connectivity index (χ0v) is 23.2. The Morgan fingerprint density at radius 2 is 1.33 bits per heavy atom. The number of H-pyrrole nitrogens is 1. The van der Waals surface area contributed by atoms with Gasteiger partial charge in [0.2, 0.25) is 0 Å². The number of aromatic nitrogens is 2. The highest BCUT2D eigenvalue weighted by Gasteiger charge is 2.46. The molecular formula is C33H35N3O6. The van der Waals surface area contributed by atoms with Gasteiger partial charge >= 0.3 is 5.69 Å². The van der Waals surface area contributed by atoms with Crippen molar-refractivity contribution in [2.45, 2.75) is 49.5 Å². The summed E-state index contributed by atoms with van der Waals surface area (Å²) in [4.78, 5) is 29.9. The Morgan fingerprint density at radius 3 is 1.86 bits per heavy atom. The lowest BCUT2D eigenvalue weighted by Gasteiger charge is -2.37. The van der Waals surface area contributed by atoms with Gasteiger partial charge in [-0.05, 0) is 42.6 Å². The largest absolute Gasteiger partial charge is 0.387 e. The second-order valence-electron chi connectivity index (χ2n) is 10.9. The molecule has 0 spiro atoms. The van der Waals surface area contributed by atoms with E-state index < -0.39 is 41.4 Å². The van der Waals surface area contributed by atoms with Crippen molar-refractivity contribution in [3.63, 3.8) is 0 Å². The van der Waals surface area contributed by atoms with Crippen LogP contribution < -0.4 is 11.2 Å². The van der Waals surface area contributed by atoms with Crippen LogP contribution >= 0.6 is 0 Å². The van der Waals surface area contributed by atoms with Gasteiger partial charge in [-0.15, -0.1) is 0 Å². The second-order valence-corrected chi connectivity index (χ2v) is 10.9. The molecule has 4 aromatic rings. The average Bonchev–Trinajstić information content (AvgIpc) is 3.64. The number of benzene rings is 3. The molecule has 9 nitrogen and oxygen atoms in total. The van der Waals surface area contributed by atoms with E-state index in [1.54, 1.807) is 0 Å². The van der Waals surface area contributed by atoms with Gasteiger partial charge in [0.05, 0.1) is 6.61 Å². The Bertz CT molecular complexity index is 1490. The summed E-state index contributed by atoms with van der Waals surface area (Å²) in [6.07, 6.45) is -1.35. The van der Waals surface area contributed by atoms with Crippen LogP contribution in [0, 0.1) is 0 Å². The zero-order valence-electron chi connectivity index (χ0n) is 23.2. The fourth-order valence-electron chi connectivity index (χ4n) is 6.08. The Balaban J connectivity index is 1.32. The minimum atomic E-state index is -1.42. The first-order valence-corrected chi connectivity index (χ1v) is 14.4. The van der Waals surface area contributed by atoms with Crippen LogP contribution in [0.25, 0.3) is 0 Å². The molecule has 0 radical (unpaired) electrons. The van der Waals surface area contributed by atoms with Gasteiger partial charge in [0.1, 0.15) is 23.9 Å². The summed E-state index contributed by atoms with van der Waals surface area (Å²) >= 11 is 0. The summed E-state index contributed by atoms with van der Waals surface area (Å²) in [5, 5.41) is 22.1. The maximum atomic E-state index is 12.8. The number of hydrogen-bond acceptors (Lipinski definition) is 7. The van der Waals surface area contributed by atoms with Gasteiger partial charge in [0, 0.05) is 18.3 Å². The standard InChI is InChI=1S/C33H35N3O6/c37-28-27(42-31(29(28)38)36-21-23(30(39)34-32(36)40)20-35-18-10-11-19-35)22-41-33(24-12-4-1-5-13-24,25-14-6-2-7-15-25)26-16-8-3-9-17-26/h1-9,12-17,21,27-29,31,37-38H,10-11,18-20,22H2,(H,34,39,40)/t27-,28?,29+,31-/m1/s1. The van der Waals surface area contributed by atoms with Crippen molar-refractivity contribution in [3.05, 3.63) is 140 Å². The third kappa shape index (κ3) is 5.37. The lowest BCUT2D eigenvalue weighted by Crippen LogP contribution is -2.40. The first-order chi connectivity index (χ1) is 20.5. The Labute approximate surface area is 243 Å². The molecule has 0 bridgehead atoms. The van der Waals surface area contributed by atoms with E-state index in [2.05, 4.69) is 9.88 Å². The van der Waals surface area contributed by atoms with Crippen LogP contribution in [0.15, 0.2) is 107 Å². The van der Waals surface area contributed by atoms with Crippen molar-refractivity contribution in [3.8, 4) is 0 Å².